The van der Waals surface area contributed by atoms with Crippen LogP contribution in [0.25, 0.3) is 0 Å². The first kappa shape index (κ1) is 20.0. The summed E-state index contributed by atoms with van der Waals surface area (Å²) in [7, 11) is 0. The van der Waals surface area contributed by atoms with Gasteiger partial charge in [-0.2, -0.15) is 0 Å². The third-order valence-corrected chi connectivity index (χ3v) is 6.43. The van der Waals surface area contributed by atoms with E-state index in [0.717, 1.165) is 29.5 Å². The number of nitrogens with two attached hydrogens (primary N) is 1. The van der Waals surface area contributed by atoms with Crippen LogP contribution < -0.4 is 5.73 Å². The SMILES string of the molecule is NC(=O)c1cc(C2CC2)c(CN2CCC(CF)(c3ccc(F)cc3)CC2)cc1F. The second-order valence-corrected chi connectivity index (χ2v) is 8.37. The molecule has 4 rings (SSSR count). The number of nitrogens with zero attached hydrogens (tertiary/aromatic N) is 1. The molecule has 0 atom stereocenters. The van der Waals surface area contributed by atoms with Crippen molar-refractivity contribution in [2.45, 2.75) is 43.6 Å². The number of piperidine rings is 1. The van der Waals surface area contributed by atoms with Crippen molar-refractivity contribution < 1.29 is 18.0 Å². The molecule has 154 valence electrons. The summed E-state index contributed by atoms with van der Waals surface area (Å²) in [4.78, 5) is 13.7. The van der Waals surface area contributed by atoms with Gasteiger partial charge in [0.15, 0.2) is 0 Å². The van der Waals surface area contributed by atoms with Crippen LogP contribution in [0.1, 0.15) is 58.6 Å². The molecule has 1 aliphatic carbocycles. The number of carbonyl (C=O) groups is 1. The molecular weight excluding hydrogens is 377 g/mol. The normalized spacial score (nSPS) is 19.3. The molecule has 1 amide bonds. The molecule has 1 heterocycles. The van der Waals surface area contributed by atoms with E-state index in [0.29, 0.717) is 38.4 Å². The Morgan fingerprint density at radius 3 is 2.31 bits per heavy atom. The maximum Gasteiger partial charge on any atom is 0.251 e. The smallest absolute Gasteiger partial charge is 0.251 e. The zero-order valence-electron chi connectivity index (χ0n) is 16.3. The van der Waals surface area contributed by atoms with Crippen molar-refractivity contribution >= 4 is 5.91 Å². The molecule has 0 radical (unpaired) electrons. The van der Waals surface area contributed by atoms with E-state index >= 15 is 0 Å². The van der Waals surface area contributed by atoms with E-state index in [-0.39, 0.29) is 11.4 Å². The number of halogens is 3. The Bertz CT molecular complexity index is 901. The molecule has 2 aromatic carbocycles. The van der Waals surface area contributed by atoms with Crippen molar-refractivity contribution in [1.82, 2.24) is 4.90 Å². The molecule has 1 saturated heterocycles. The monoisotopic (exact) mass is 402 g/mol. The highest BCUT2D eigenvalue weighted by atomic mass is 19.1. The number of amides is 1. The van der Waals surface area contributed by atoms with E-state index in [1.807, 2.05) is 0 Å². The maximum atomic E-state index is 14.4. The van der Waals surface area contributed by atoms with E-state index in [4.69, 9.17) is 5.73 Å². The second kappa shape index (κ2) is 7.82. The highest BCUT2D eigenvalue weighted by molar-refractivity contribution is 5.93. The van der Waals surface area contributed by atoms with Crippen molar-refractivity contribution in [3.05, 3.63) is 70.3 Å². The summed E-state index contributed by atoms with van der Waals surface area (Å²) in [6, 6.07) is 9.15. The molecule has 3 nitrogen and oxygen atoms in total. The molecule has 29 heavy (non-hydrogen) atoms. The van der Waals surface area contributed by atoms with Crippen molar-refractivity contribution in [1.29, 1.82) is 0 Å². The molecule has 0 aromatic heterocycles. The molecule has 2 aliphatic rings. The van der Waals surface area contributed by atoms with Gasteiger partial charge in [-0.3, -0.25) is 14.1 Å². The van der Waals surface area contributed by atoms with Crippen LogP contribution >= 0.6 is 0 Å². The maximum absolute atomic E-state index is 14.4. The third kappa shape index (κ3) is 4.04. The fourth-order valence-corrected chi connectivity index (χ4v) is 4.41. The Kier molecular flexibility index (Phi) is 5.38. The zero-order chi connectivity index (χ0) is 20.6. The lowest BCUT2D eigenvalue weighted by Gasteiger charge is -2.40. The third-order valence-electron chi connectivity index (χ3n) is 6.43. The van der Waals surface area contributed by atoms with Crippen LogP contribution in [0.2, 0.25) is 0 Å². The summed E-state index contributed by atoms with van der Waals surface area (Å²) >= 11 is 0. The van der Waals surface area contributed by atoms with Gasteiger partial charge in [0.05, 0.1) is 12.2 Å². The van der Waals surface area contributed by atoms with Gasteiger partial charge in [-0.05, 0) is 85.6 Å². The van der Waals surface area contributed by atoms with Crippen LogP contribution in [-0.4, -0.2) is 30.6 Å². The number of hydrogen-bond donors (Lipinski definition) is 1. The minimum atomic E-state index is -0.749. The first-order chi connectivity index (χ1) is 13.9. The average molecular weight is 402 g/mol. The van der Waals surface area contributed by atoms with Gasteiger partial charge in [0.25, 0.3) is 5.91 Å². The highest BCUT2D eigenvalue weighted by Crippen LogP contribution is 2.43. The summed E-state index contributed by atoms with van der Waals surface area (Å²) in [6.45, 7) is 1.42. The van der Waals surface area contributed by atoms with Crippen LogP contribution in [0.4, 0.5) is 13.2 Å². The number of carbonyl (C=O) groups excluding carboxylic acids is 1. The van der Waals surface area contributed by atoms with Gasteiger partial charge in [0.2, 0.25) is 0 Å². The van der Waals surface area contributed by atoms with E-state index in [1.54, 1.807) is 18.2 Å². The average Bonchev–Trinajstić information content (AvgIpc) is 3.54. The Morgan fingerprint density at radius 1 is 1.10 bits per heavy atom. The molecule has 2 fully saturated rings. The second-order valence-electron chi connectivity index (χ2n) is 8.37. The molecule has 6 heteroatoms. The van der Waals surface area contributed by atoms with Crippen LogP contribution in [0.5, 0.6) is 0 Å². The number of benzene rings is 2. The topological polar surface area (TPSA) is 46.3 Å². The van der Waals surface area contributed by atoms with Crippen molar-refractivity contribution in [2.24, 2.45) is 5.73 Å². The number of likely N-dealkylation sites (tertiary alicyclic amines) is 1. The van der Waals surface area contributed by atoms with Crippen LogP contribution in [-0.2, 0) is 12.0 Å². The minimum absolute atomic E-state index is 0.0537. The lowest BCUT2D eigenvalue weighted by Crippen LogP contribution is -2.43. The number of rotatable bonds is 6. The predicted molar refractivity (Wildman–Crippen MR) is 105 cm³/mol. The molecular formula is C23H25F3N2O. The Balaban J connectivity index is 1.50. The van der Waals surface area contributed by atoms with Gasteiger partial charge in [0, 0.05) is 12.0 Å². The zero-order valence-corrected chi connectivity index (χ0v) is 16.3. The van der Waals surface area contributed by atoms with Gasteiger partial charge < -0.3 is 5.73 Å². The molecule has 1 saturated carbocycles. The summed E-state index contributed by atoms with van der Waals surface area (Å²) < 4.78 is 41.6. The first-order valence-electron chi connectivity index (χ1n) is 10.1. The summed E-state index contributed by atoms with van der Waals surface area (Å²) in [5.41, 5.74) is 7.36. The van der Waals surface area contributed by atoms with Crippen LogP contribution in [0, 0.1) is 11.6 Å². The number of alkyl halides is 1. The van der Waals surface area contributed by atoms with Crippen LogP contribution in [0.3, 0.4) is 0 Å². The van der Waals surface area contributed by atoms with Gasteiger partial charge in [-0.1, -0.05) is 12.1 Å². The minimum Gasteiger partial charge on any atom is -0.366 e. The Labute approximate surface area is 168 Å². The van der Waals surface area contributed by atoms with Crippen molar-refractivity contribution in [3.63, 3.8) is 0 Å². The van der Waals surface area contributed by atoms with Crippen LogP contribution in [0.15, 0.2) is 36.4 Å². The van der Waals surface area contributed by atoms with Crippen molar-refractivity contribution in [3.8, 4) is 0 Å². The van der Waals surface area contributed by atoms with Gasteiger partial charge in [-0.15, -0.1) is 0 Å². The lowest BCUT2D eigenvalue weighted by atomic mass is 9.74. The molecule has 0 spiro atoms. The summed E-state index contributed by atoms with van der Waals surface area (Å²) in [5, 5.41) is 0. The highest BCUT2D eigenvalue weighted by Gasteiger charge is 2.37. The molecule has 1 aliphatic heterocycles. The molecule has 2 N–H and O–H groups in total. The standard InChI is InChI=1S/C23H25F3N2O/c24-14-23(17-3-5-18(25)6-4-17)7-9-28(10-8-23)13-16-11-21(26)20(22(27)29)12-19(16)15-1-2-15/h3-6,11-12,15H,1-2,7-10,13-14H2,(H2,27,29). The summed E-state index contributed by atoms with van der Waals surface area (Å²) in [5.74, 6) is -1.30. The van der Waals surface area contributed by atoms with Gasteiger partial charge in [-0.25, -0.2) is 8.78 Å². The predicted octanol–water partition coefficient (Wildman–Crippen LogP) is 4.44. The molecule has 0 bridgehead atoms. The van der Waals surface area contributed by atoms with Gasteiger partial charge >= 0.3 is 0 Å². The summed E-state index contributed by atoms with van der Waals surface area (Å²) in [6.07, 6.45) is 3.31. The first-order valence-corrected chi connectivity index (χ1v) is 10.1. The van der Waals surface area contributed by atoms with E-state index in [2.05, 4.69) is 4.90 Å². The fraction of sp³-hybridized carbons (Fsp3) is 0.435. The quantitative estimate of drug-likeness (QED) is 0.776. The molecule has 0 unspecified atom stereocenters. The Hall–Kier alpha value is -2.34. The van der Waals surface area contributed by atoms with E-state index in [9.17, 15) is 18.0 Å². The fourth-order valence-electron chi connectivity index (χ4n) is 4.41. The lowest BCUT2D eigenvalue weighted by molar-refractivity contribution is 0.0996. The van der Waals surface area contributed by atoms with E-state index < -0.39 is 23.8 Å². The van der Waals surface area contributed by atoms with Crippen molar-refractivity contribution in [2.75, 3.05) is 19.8 Å². The van der Waals surface area contributed by atoms with E-state index in [1.165, 1.54) is 18.2 Å². The number of hydrogen-bond acceptors (Lipinski definition) is 2. The number of primary amides is 1. The Morgan fingerprint density at radius 2 is 1.76 bits per heavy atom. The largest absolute Gasteiger partial charge is 0.366 e. The van der Waals surface area contributed by atoms with Gasteiger partial charge in [0.1, 0.15) is 11.6 Å². The molecule has 2 aromatic rings.